The van der Waals surface area contributed by atoms with Gasteiger partial charge in [0.25, 0.3) is 5.91 Å². The summed E-state index contributed by atoms with van der Waals surface area (Å²) in [4.78, 5) is 16.7. The van der Waals surface area contributed by atoms with Crippen molar-refractivity contribution in [2.24, 2.45) is 0 Å². The van der Waals surface area contributed by atoms with Crippen molar-refractivity contribution < 1.29 is 9.90 Å². The molecule has 0 atom stereocenters. The Balaban J connectivity index is 1.51. The molecule has 0 unspecified atom stereocenters. The molecule has 0 saturated heterocycles. The van der Waals surface area contributed by atoms with Gasteiger partial charge in [0.15, 0.2) is 5.82 Å². The zero-order valence-electron chi connectivity index (χ0n) is 15.5. The smallest absolute Gasteiger partial charge is 0.253 e. The molecule has 0 spiro atoms. The van der Waals surface area contributed by atoms with E-state index >= 15 is 0 Å². The molecule has 1 aliphatic carbocycles. The normalized spacial score (nSPS) is 14.7. The number of rotatable bonds is 4. The summed E-state index contributed by atoms with van der Waals surface area (Å²) in [7, 11) is 0. The number of aromatic hydroxyl groups is 1. The topological polar surface area (TPSA) is 106 Å². The van der Waals surface area contributed by atoms with Gasteiger partial charge in [-0.2, -0.15) is 9.78 Å². The highest BCUT2D eigenvalue weighted by Crippen LogP contribution is 2.30. The Labute approximate surface area is 163 Å². The number of nitrogens with one attached hydrogen (secondary N) is 1. The van der Waals surface area contributed by atoms with Crippen LogP contribution in [-0.4, -0.2) is 31.8 Å². The van der Waals surface area contributed by atoms with Crippen LogP contribution in [0.25, 0.3) is 16.9 Å². The van der Waals surface area contributed by atoms with E-state index in [0.717, 1.165) is 31.2 Å². The van der Waals surface area contributed by atoms with E-state index in [1.807, 2.05) is 12.1 Å². The number of carbonyl (C=O) groups is 1. The summed E-state index contributed by atoms with van der Waals surface area (Å²) >= 11 is 0. The molecule has 7 heteroatoms. The van der Waals surface area contributed by atoms with Crippen molar-refractivity contribution in [3.8, 4) is 22.8 Å². The van der Waals surface area contributed by atoms with Gasteiger partial charge in [0.2, 0.25) is 5.88 Å². The Kier molecular flexibility index (Phi) is 4.97. The van der Waals surface area contributed by atoms with Gasteiger partial charge in [-0.15, -0.1) is 0 Å². The zero-order valence-corrected chi connectivity index (χ0v) is 15.5. The van der Waals surface area contributed by atoms with Crippen molar-refractivity contribution in [1.82, 2.24) is 20.1 Å². The molecular weight excluding hydrogens is 354 g/mol. The third-order valence-corrected chi connectivity index (χ3v) is 5.13. The van der Waals surface area contributed by atoms with Gasteiger partial charge in [0.1, 0.15) is 0 Å². The molecule has 0 radical (unpaired) electrons. The SMILES string of the molecule is Nc1ccc(-c2cnn(-c3ccc(C(=O)NC4CCCCC4)cn3)c2O)cc1. The second-order valence-corrected chi connectivity index (χ2v) is 7.13. The quantitative estimate of drug-likeness (QED) is 0.605. The first-order chi connectivity index (χ1) is 13.6. The number of nitrogens with two attached hydrogens (primary N) is 1. The van der Waals surface area contributed by atoms with E-state index in [1.165, 1.54) is 17.3 Å². The Morgan fingerprint density at radius 3 is 2.50 bits per heavy atom. The van der Waals surface area contributed by atoms with Crippen molar-refractivity contribution in [2.45, 2.75) is 38.1 Å². The first kappa shape index (κ1) is 18.0. The lowest BCUT2D eigenvalue weighted by atomic mass is 9.95. The van der Waals surface area contributed by atoms with Gasteiger partial charge in [-0.05, 0) is 42.7 Å². The molecule has 1 amide bonds. The van der Waals surface area contributed by atoms with E-state index < -0.39 is 0 Å². The molecule has 0 bridgehead atoms. The molecule has 4 N–H and O–H groups in total. The van der Waals surface area contributed by atoms with Crippen LogP contribution in [0.15, 0.2) is 48.8 Å². The summed E-state index contributed by atoms with van der Waals surface area (Å²) in [5, 5.41) is 17.8. The number of benzene rings is 1. The Morgan fingerprint density at radius 2 is 1.82 bits per heavy atom. The zero-order chi connectivity index (χ0) is 19.5. The minimum absolute atomic E-state index is 0.0170. The van der Waals surface area contributed by atoms with Gasteiger partial charge in [-0.1, -0.05) is 31.4 Å². The lowest BCUT2D eigenvalue weighted by Crippen LogP contribution is -2.36. The second kappa shape index (κ2) is 7.72. The van der Waals surface area contributed by atoms with E-state index in [1.54, 1.807) is 30.5 Å². The maximum absolute atomic E-state index is 12.4. The molecule has 1 saturated carbocycles. The van der Waals surface area contributed by atoms with Crippen LogP contribution in [0, 0.1) is 0 Å². The maximum atomic E-state index is 12.4. The number of aromatic nitrogens is 3. The molecule has 0 aliphatic heterocycles. The Hall–Kier alpha value is -3.35. The molecule has 4 rings (SSSR count). The van der Waals surface area contributed by atoms with Crippen LogP contribution in [0.5, 0.6) is 5.88 Å². The van der Waals surface area contributed by atoms with E-state index in [-0.39, 0.29) is 17.8 Å². The van der Waals surface area contributed by atoms with Crippen LogP contribution < -0.4 is 11.1 Å². The maximum Gasteiger partial charge on any atom is 0.253 e. The fourth-order valence-electron chi connectivity index (χ4n) is 3.54. The number of hydrogen-bond donors (Lipinski definition) is 3. The average molecular weight is 377 g/mol. The van der Waals surface area contributed by atoms with E-state index in [2.05, 4.69) is 15.4 Å². The average Bonchev–Trinajstić information content (AvgIpc) is 3.11. The number of pyridine rings is 1. The molecule has 1 aliphatic rings. The largest absolute Gasteiger partial charge is 0.493 e. The predicted molar refractivity (Wildman–Crippen MR) is 107 cm³/mol. The number of nitrogen functional groups attached to an aromatic ring is 1. The van der Waals surface area contributed by atoms with Crippen LogP contribution in [-0.2, 0) is 0 Å². The van der Waals surface area contributed by atoms with Crippen LogP contribution >= 0.6 is 0 Å². The first-order valence-corrected chi connectivity index (χ1v) is 9.52. The number of anilines is 1. The fraction of sp³-hybridized carbons (Fsp3) is 0.286. The summed E-state index contributed by atoms with van der Waals surface area (Å²) in [6, 6.07) is 10.8. The molecule has 1 fully saturated rings. The van der Waals surface area contributed by atoms with Gasteiger partial charge in [-0.25, -0.2) is 4.98 Å². The van der Waals surface area contributed by atoms with E-state index in [4.69, 9.17) is 5.73 Å². The summed E-state index contributed by atoms with van der Waals surface area (Å²) in [5.41, 5.74) is 8.25. The van der Waals surface area contributed by atoms with Crippen molar-refractivity contribution in [3.63, 3.8) is 0 Å². The fourth-order valence-corrected chi connectivity index (χ4v) is 3.54. The van der Waals surface area contributed by atoms with Crippen molar-refractivity contribution >= 4 is 11.6 Å². The third-order valence-electron chi connectivity index (χ3n) is 5.13. The van der Waals surface area contributed by atoms with E-state index in [9.17, 15) is 9.90 Å². The molecule has 7 nitrogen and oxygen atoms in total. The highest BCUT2D eigenvalue weighted by atomic mass is 16.3. The standard InChI is InChI=1S/C21H23N5O2/c22-16-9-6-14(7-10-16)18-13-24-26(21(18)28)19-11-8-15(12-23-19)20(27)25-17-4-2-1-3-5-17/h6-13,17,28H,1-5,22H2,(H,25,27). The molecule has 28 heavy (non-hydrogen) atoms. The number of nitrogens with zero attached hydrogens (tertiary/aromatic N) is 3. The second-order valence-electron chi connectivity index (χ2n) is 7.13. The molecule has 3 aromatic rings. The summed E-state index contributed by atoms with van der Waals surface area (Å²) < 4.78 is 1.34. The summed E-state index contributed by atoms with van der Waals surface area (Å²) in [5.74, 6) is 0.309. The van der Waals surface area contributed by atoms with Gasteiger partial charge >= 0.3 is 0 Å². The Morgan fingerprint density at radius 1 is 1.07 bits per heavy atom. The van der Waals surface area contributed by atoms with Crippen LogP contribution in [0.2, 0.25) is 0 Å². The minimum Gasteiger partial charge on any atom is -0.493 e. The molecule has 2 aromatic heterocycles. The molecule has 1 aromatic carbocycles. The monoisotopic (exact) mass is 377 g/mol. The molecular formula is C21H23N5O2. The summed E-state index contributed by atoms with van der Waals surface area (Å²) in [6.07, 6.45) is 8.73. The lowest BCUT2D eigenvalue weighted by molar-refractivity contribution is 0.0927. The van der Waals surface area contributed by atoms with Crippen LogP contribution in [0.3, 0.4) is 0 Å². The lowest BCUT2D eigenvalue weighted by Gasteiger charge is -2.22. The van der Waals surface area contributed by atoms with Crippen molar-refractivity contribution in [1.29, 1.82) is 0 Å². The number of amides is 1. The Bertz CT molecular complexity index is 957. The highest BCUT2D eigenvalue weighted by molar-refractivity contribution is 5.94. The van der Waals surface area contributed by atoms with Crippen LogP contribution in [0.4, 0.5) is 5.69 Å². The number of hydrogen-bond acceptors (Lipinski definition) is 5. The van der Waals surface area contributed by atoms with Crippen molar-refractivity contribution in [2.75, 3.05) is 5.73 Å². The third kappa shape index (κ3) is 3.69. The van der Waals surface area contributed by atoms with Gasteiger partial charge in [-0.3, -0.25) is 4.79 Å². The highest BCUT2D eigenvalue weighted by Gasteiger charge is 2.18. The predicted octanol–water partition coefficient (Wildman–Crippen LogP) is 3.28. The van der Waals surface area contributed by atoms with Crippen LogP contribution in [0.1, 0.15) is 42.5 Å². The summed E-state index contributed by atoms with van der Waals surface area (Å²) in [6.45, 7) is 0. The first-order valence-electron chi connectivity index (χ1n) is 9.52. The van der Waals surface area contributed by atoms with E-state index in [0.29, 0.717) is 22.6 Å². The minimum atomic E-state index is -0.113. The molecule has 144 valence electrons. The van der Waals surface area contributed by atoms with Crippen molar-refractivity contribution in [3.05, 3.63) is 54.4 Å². The molecule has 2 heterocycles. The van der Waals surface area contributed by atoms with Gasteiger partial charge in [0, 0.05) is 17.9 Å². The van der Waals surface area contributed by atoms with Gasteiger partial charge in [0.05, 0.1) is 17.3 Å². The van der Waals surface area contributed by atoms with Gasteiger partial charge < -0.3 is 16.2 Å². The number of carbonyl (C=O) groups excluding carboxylic acids is 1.